The van der Waals surface area contributed by atoms with Gasteiger partial charge in [-0.1, -0.05) is 11.6 Å². The van der Waals surface area contributed by atoms with Crippen molar-refractivity contribution in [2.24, 2.45) is 0 Å². The highest BCUT2D eigenvalue weighted by Crippen LogP contribution is 2.26. The summed E-state index contributed by atoms with van der Waals surface area (Å²) in [7, 11) is -3.24. The lowest BCUT2D eigenvalue weighted by molar-refractivity contribution is 0.601. The van der Waals surface area contributed by atoms with Gasteiger partial charge in [-0.25, -0.2) is 18.4 Å². The van der Waals surface area contributed by atoms with E-state index in [4.69, 9.17) is 11.6 Å². The van der Waals surface area contributed by atoms with Crippen LogP contribution < -0.4 is 0 Å². The van der Waals surface area contributed by atoms with E-state index in [2.05, 4.69) is 9.97 Å². The Kier molecular flexibility index (Phi) is 2.21. The molecule has 0 saturated heterocycles. The van der Waals surface area contributed by atoms with Crippen molar-refractivity contribution in [1.82, 2.24) is 9.97 Å². The molecule has 0 unspecified atom stereocenters. The summed E-state index contributed by atoms with van der Waals surface area (Å²) >= 11 is 6.76. The second kappa shape index (κ2) is 3.15. The second-order valence-electron chi connectivity index (χ2n) is 2.73. The molecule has 0 spiro atoms. The van der Waals surface area contributed by atoms with Crippen LogP contribution in [-0.4, -0.2) is 24.6 Å². The van der Waals surface area contributed by atoms with Crippen molar-refractivity contribution in [3.05, 3.63) is 17.4 Å². The minimum Gasteiger partial charge on any atom is -0.242 e. The Morgan fingerprint density at radius 2 is 2.21 bits per heavy atom. The second-order valence-corrected chi connectivity index (χ2v) is 6.33. The zero-order valence-corrected chi connectivity index (χ0v) is 9.45. The van der Waals surface area contributed by atoms with Crippen LogP contribution >= 0.6 is 22.9 Å². The van der Waals surface area contributed by atoms with Crippen molar-refractivity contribution in [2.45, 2.75) is 4.34 Å². The third-order valence-electron chi connectivity index (χ3n) is 1.54. The maximum Gasteiger partial charge on any atom is 0.210 e. The van der Waals surface area contributed by atoms with Crippen molar-refractivity contribution in [1.29, 1.82) is 0 Å². The summed E-state index contributed by atoms with van der Waals surface area (Å²) in [6, 6.07) is 1.60. The maximum absolute atomic E-state index is 11.2. The van der Waals surface area contributed by atoms with E-state index < -0.39 is 9.84 Å². The maximum atomic E-state index is 11.2. The summed E-state index contributed by atoms with van der Waals surface area (Å²) < 4.78 is 23.2. The molecule has 2 aromatic heterocycles. The monoisotopic (exact) mass is 248 g/mol. The topological polar surface area (TPSA) is 59.9 Å². The highest BCUT2D eigenvalue weighted by atomic mass is 35.5. The highest BCUT2D eigenvalue weighted by molar-refractivity contribution is 7.92. The molecular formula is C7H5ClN2O2S2. The highest BCUT2D eigenvalue weighted by Gasteiger charge is 2.13. The molecule has 0 N–H and O–H groups in total. The van der Waals surface area contributed by atoms with Crippen LogP contribution in [0.1, 0.15) is 0 Å². The Balaban J connectivity index is 2.75. The van der Waals surface area contributed by atoms with Gasteiger partial charge in [-0.3, -0.25) is 0 Å². The molecule has 0 atom stereocenters. The first-order chi connectivity index (χ1) is 6.47. The SMILES string of the molecule is CS(=O)(=O)c1nc2cnc(Cl)cc2s1. The Morgan fingerprint density at radius 3 is 2.86 bits per heavy atom. The first-order valence-electron chi connectivity index (χ1n) is 3.59. The number of halogens is 1. The molecular weight excluding hydrogens is 244 g/mol. The molecule has 2 aromatic rings. The molecule has 2 rings (SSSR count). The summed E-state index contributed by atoms with van der Waals surface area (Å²) in [6.45, 7) is 0. The molecule has 0 fully saturated rings. The lowest BCUT2D eigenvalue weighted by Gasteiger charge is -1.85. The Morgan fingerprint density at radius 1 is 1.50 bits per heavy atom. The fraction of sp³-hybridized carbons (Fsp3) is 0.143. The standard InChI is InChI=1S/C7H5ClN2O2S2/c1-14(11,12)7-10-4-3-9-6(8)2-5(4)13-7/h2-3H,1H3. The van der Waals surface area contributed by atoms with Gasteiger partial charge < -0.3 is 0 Å². The molecule has 0 bridgehead atoms. The molecule has 7 heteroatoms. The smallest absolute Gasteiger partial charge is 0.210 e. The van der Waals surface area contributed by atoms with Crippen LogP contribution in [0, 0.1) is 0 Å². The number of pyridine rings is 1. The lowest BCUT2D eigenvalue weighted by atomic mass is 10.5. The van der Waals surface area contributed by atoms with E-state index >= 15 is 0 Å². The van der Waals surface area contributed by atoms with Gasteiger partial charge in [-0.05, 0) is 6.07 Å². The molecule has 2 heterocycles. The van der Waals surface area contributed by atoms with E-state index in [1.54, 1.807) is 6.07 Å². The molecule has 0 saturated carbocycles. The number of rotatable bonds is 1. The number of fused-ring (bicyclic) bond motifs is 1. The predicted octanol–water partition coefficient (Wildman–Crippen LogP) is 1.75. The minimum absolute atomic E-state index is 0.0940. The van der Waals surface area contributed by atoms with Crippen LogP contribution in [0.2, 0.25) is 5.15 Å². The van der Waals surface area contributed by atoms with Gasteiger partial charge in [-0.2, -0.15) is 0 Å². The molecule has 0 radical (unpaired) electrons. The minimum atomic E-state index is -3.24. The Bertz CT molecular complexity index is 591. The van der Waals surface area contributed by atoms with E-state index in [0.717, 1.165) is 22.3 Å². The third-order valence-corrected chi connectivity index (χ3v) is 4.44. The van der Waals surface area contributed by atoms with Crippen LogP contribution in [0.5, 0.6) is 0 Å². The zero-order valence-electron chi connectivity index (χ0n) is 7.06. The number of aromatic nitrogens is 2. The van der Waals surface area contributed by atoms with E-state index in [9.17, 15) is 8.42 Å². The average molecular weight is 249 g/mol. The largest absolute Gasteiger partial charge is 0.242 e. The lowest BCUT2D eigenvalue weighted by Crippen LogP contribution is -1.94. The Labute approximate surface area is 89.5 Å². The van der Waals surface area contributed by atoms with Crippen molar-refractivity contribution >= 4 is 43.0 Å². The van der Waals surface area contributed by atoms with Gasteiger partial charge in [-0.15, -0.1) is 11.3 Å². The summed E-state index contributed by atoms with van der Waals surface area (Å²) in [5.74, 6) is 0. The van der Waals surface area contributed by atoms with Crippen molar-refractivity contribution in [3.8, 4) is 0 Å². The molecule has 0 aliphatic heterocycles. The molecule has 0 aromatic carbocycles. The average Bonchev–Trinajstić information content (AvgIpc) is 2.45. The van der Waals surface area contributed by atoms with Crippen LogP contribution in [0.3, 0.4) is 0 Å². The number of hydrogen-bond acceptors (Lipinski definition) is 5. The van der Waals surface area contributed by atoms with Gasteiger partial charge in [0.25, 0.3) is 0 Å². The zero-order chi connectivity index (χ0) is 10.3. The normalized spacial score (nSPS) is 12.1. The number of thiazole rings is 1. The van der Waals surface area contributed by atoms with E-state index in [1.807, 2.05) is 0 Å². The van der Waals surface area contributed by atoms with Crippen LogP contribution in [0.15, 0.2) is 16.6 Å². The number of nitrogens with zero attached hydrogens (tertiary/aromatic N) is 2. The van der Waals surface area contributed by atoms with Crippen LogP contribution in [0.4, 0.5) is 0 Å². The fourth-order valence-corrected chi connectivity index (χ4v) is 3.01. The van der Waals surface area contributed by atoms with Gasteiger partial charge in [0, 0.05) is 6.26 Å². The quantitative estimate of drug-likeness (QED) is 0.722. The van der Waals surface area contributed by atoms with Crippen molar-refractivity contribution in [3.63, 3.8) is 0 Å². The van der Waals surface area contributed by atoms with Crippen LogP contribution in [-0.2, 0) is 9.84 Å². The molecule has 0 aliphatic rings. The first kappa shape index (κ1) is 9.82. The van der Waals surface area contributed by atoms with Gasteiger partial charge >= 0.3 is 0 Å². The number of sulfone groups is 1. The third kappa shape index (κ3) is 1.73. The van der Waals surface area contributed by atoms with Crippen molar-refractivity contribution < 1.29 is 8.42 Å². The number of hydrogen-bond donors (Lipinski definition) is 0. The summed E-state index contributed by atoms with van der Waals surface area (Å²) in [6.07, 6.45) is 2.59. The molecule has 0 aliphatic carbocycles. The first-order valence-corrected chi connectivity index (χ1v) is 6.67. The fourth-order valence-electron chi connectivity index (χ4n) is 0.945. The van der Waals surface area contributed by atoms with Gasteiger partial charge in [0.1, 0.15) is 10.7 Å². The molecule has 4 nitrogen and oxygen atoms in total. The van der Waals surface area contributed by atoms with E-state index in [0.29, 0.717) is 10.7 Å². The van der Waals surface area contributed by atoms with Gasteiger partial charge in [0.05, 0.1) is 10.9 Å². The van der Waals surface area contributed by atoms with Gasteiger partial charge in [0.2, 0.25) is 14.2 Å². The predicted molar refractivity (Wildman–Crippen MR) is 55.5 cm³/mol. The summed E-state index contributed by atoms with van der Waals surface area (Å²) in [4.78, 5) is 7.75. The molecule has 0 amide bonds. The Hall–Kier alpha value is -0.720. The van der Waals surface area contributed by atoms with Crippen LogP contribution in [0.25, 0.3) is 10.2 Å². The van der Waals surface area contributed by atoms with Gasteiger partial charge in [0.15, 0.2) is 0 Å². The summed E-state index contributed by atoms with van der Waals surface area (Å²) in [5, 5.41) is 0.334. The molecule has 14 heavy (non-hydrogen) atoms. The van der Waals surface area contributed by atoms with E-state index in [1.165, 1.54) is 6.20 Å². The van der Waals surface area contributed by atoms with Crippen molar-refractivity contribution in [2.75, 3.05) is 6.26 Å². The van der Waals surface area contributed by atoms with E-state index in [-0.39, 0.29) is 4.34 Å². The summed E-state index contributed by atoms with van der Waals surface area (Å²) in [5.41, 5.74) is 0.555. The molecule has 74 valence electrons.